The van der Waals surface area contributed by atoms with Gasteiger partial charge < -0.3 is 14.6 Å². The third-order valence-electron chi connectivity index (χ3n) is 5.47. The predicted molar refractivity (Wildman–Crippen MR) is 117 cm³/mol. The van der Waals surface area contributed by atoms with Gasteiger partial charge in [-0.05, 0) is 76.3 Å². The van der Waals surface area contributed by atoms with Crippen LogP contribution in [0.2, 0.25) is 0 Å². The number of rotatable bonds is 9. The fourth-order valence-electron chi connectivity index (χ4n) is 3.48. The first-order valence-corrected chi connectivity index (χ1v) is 11.2. The Morgan fingerprint density at radius 1 is 0.900 bits per heavy atom. The van der Waals surface area contributed by atoms with Crippen LogP contribution in [0.15, 0.2) is 29.2 Å². The minimum atomic E-state index is -3.94. The molecule has 30 heavy (non-hydrogen) atoms. The fourth-order valence-corrected chi connectivity index (χ4v) is 4.50. The summed E-state index contributed by atoms with van der Waals surface area (Å²) in [4.78, 5) is 0.0697. The summed E-state index contributed by atoms with van der Waals surface area (Å²) in [5, 5.41) is 10.8. The highest BCUT2D eigenvalue weighted by molar-refractivity contribution is 7.86. The van der Waals surface area contributed by atoms with E-state index in [1.807, 2.05) is 27.7 Å². The van der Waals surface area contributed by atoms with E-state index in [1.165, 1.54) is 12.1 Å². The third kappa shape index (κ3) is 5.33. The molecule has 0 unspecified atom stereocenters. The minimum Gasteiger partial charge on any atom is -0.496 e. The van der Waals surface area contributed by atoms with Crippen LogP contribution in [-0.4, -0.2) is 40.0 Å². The Kier molecular flexibility index (Phi) is 7.55. The lowest BCUT2D eigenvalue weighted by Gasteiger charge is -2.25. The predicted octanol–water partition coefficient (Wildman–Crippen LogP) is 4.03. The maximum atomic E-state index is 12.4. The van der Waals surface area contributed by atoms with Gasteiger partial charge in [0.1, 0.15) is 11.5 Å². The van der Waals surface area contributed by atoms with Gasteiger partial charge in [-0.2, -0.15) is 8.42 Å². The van der Waals surface area contributed by atoms with Gasteiger partial charge in [0.05, 0.1) is 31.3 Å². The van der Waals surface area contributed by atoms with Gasteiger partial charge in [0.2, 0.25) is 0 Å². The number of ether oxygens (including phenoxy) is 2. The van der Waals surface area contributed by atoms with Crippen LogP contribution in [0.3, 0.4) is 0 Å². The van der Waals surface area contributed by atoms with Crippen molar-refractivity contribution in [2.45, 2.75) is 58.0 Å². The summed E-state index contributed by atoms with van der Waals surface area (Å²) >= 11 is 0. The summed E-state index contributed by atoms with van der Waals surface area (Å²) in [6, 6.07) is 6.40. The molecule has 0 aliphatic heterocycles. The standard InChI is InChI=1S/C23H32O6S/c1-15-8-10-19(11-9-15)30(25,26)29-14-23(5,24)13-12-20-18(4)21(27-6)16(2)17(3)22(20)28-7/h8-11,24H,12-14H2,1-7H3/t23-/m0/s1. The quantitative estimate of drug-likeness (QED) is 0.598. The summed E-state index contributed by atoms with van der Waals surface area (Å²) in [5.74, 6) is 1.55. The summed E-state index contributed by atoms with van der Waals surface area (Å²) in [7, 11) is -0.694. The molecule has 2 rings (SSSR count). The second kappa shape index (κ2) is 9.37. The van der Waals surface area contributed by atoms with Crippen molar-refractivity contribution >= 4 is 10.1 Å². The lowest BCUT2D eigenvalue weighted by molar-refractivity contribution is 0.00653. The molecule has 0 bridgehead atoms. The number of hydrogen-bond acceptors (Lipinski definition) is 6. The first-order valence-electron chi connectivity index (χ1n) is 9.82. The monoisotopic (exact) mass is 436 g/mol. The highest BCUT2D eigenvalue weighted by Crippen LogP contribution is 2.38. The summed E-state index contributed by atoms with van der Waals surface area (Å²) < 4.78 is 41.2. The maximum Gasteiger partial charge on any atom is 0.297 e. The third-order valence-corrected chi connectivity index (χ3v) is 6.75. The van der Waals surface area contributed by atoms with Crippen LogP contribution in [0.5, 0.6) is 11.5 Å². The molecule has 1 N–H and O–H groups in total. The molecule has 0 amide bonds. The Morgan fingerprint density at radius 2 is 1.43 bits per heavy atom. The summed E-state index contributed by atoms with van der Waals surface area (Å²) in [6.07, 6.45) is 0.771. The van der Waals surface area contributed by atoms with E-state index in [4.69, 9.17) is 13.7 Å². The zero-order chi connectivity index (χ0) is 22.7. The molecule has 0 spiro atoms. The molecule has 0 saturated heterocycles. The highest BCUT2D eigenvalue weighted by atomic mass is 32.2. The fraction of sp³-hybridized carbons (Fsp3) is 0.478. The molecule has 0 aliphatic carbocycles. The van der Waals surface area contributed by atoms with E-state index in [2.05, 4.69) is 0 Å². The molecule has 7 heteroatoms. The molecule has 0 radical (unpaired) electrons. The SMILES string of the molecule is COc1c(C)c(C)c(OC)c(CC[C@](C)(O)COS(=O)(=O)c2ccc(C)cc2)c1C. The Hall–Kier alpha value is -2.09. The van der Waals surface area contributed by atoms with E-state index < -0.39 is 15.7 Å². The van der Waals surface area contributed by atoms with Gasteiger partial charge in [0.15, 0.2) is 0 Å². The van der Waals surface area contributed by atoms with Crippen molar-refractivity contribution < 1.29 is 27.2 Å². The largest absolute Gasteiger partial charge is 0.496 e. The van der Waals surface area contributed by atoms with Gasteiger partial charge in [0, 0.05) is 5.56 Å². The molecular formula is C23H32O6S. The van der Waals surface area contributed by atoms with Crippen molar-refractivity contribution in [3.05, 3.63) is 52.1 Å². The van der Waals surface area contributed by atoms with Crippen molar-refractivity contribution in [2.75, 3.05) is 20.8 Å². The van der Waals surface area contributed by atoms with Crippen LogP contribution in [0.1, 0.15) is 41.2 Å². The first kappa shape index (κ1) is 24.2. The second-order valence-corrected chi connectivity index (χ2v) is 9.56. The number of benzene rings is 2. The van der Waals surface area contributed by atoms with E-state index >= 15 is 0 Å². The Balaban J connectivity index is 2.17. The van der Waals surface area contributed by atoms with E-state index in [0.29, 0.717) is 12.8 Å². The molecular weight excluding hydrogens is 404 g/mol. The molecule has 0 heterocycles. The topological polar surface area (TPSA) is 82.1 Å². The molecule has 0 fully saturated rings. The van der Waals surface area contributed by atoms with Gasteiger partial charge in [-0.1, -0.05) is 17.7 Å². The van der Waals surface area contributed by atoms with E-state index in [1.54, 1.807) is 33.3 Å². The number of aryl methyl sites for hydroxylation is 1. The van der Waals surface area contributed by atoms with Gasteiger partial charge in [0.25, 0.3) is 10.1 Å². The number of hydrogen-bond donors (Lipinski definition) is 1. The second-order valence-electron chi connectivity index (χ2n) is 7.95. The summed E-state index contributed by atoms with van der Waals surface area (Å²) in [5.41, 5.74) is 3.47. The van der Waals surface area contributed by atoms with E-state index in [0.717, 1.165) is 39.3 Å². The van der Waals surface area contributed by atoms with Crippen LogP contribution >= 0.6 is 0 Å². The average molecular weight is 437 g/mol. The van der Waals surface area contributed by atoms with Crippen LogP contribution in [-0.2, 0) is 20.7 Å². The van der Waals surface area contributed by atoms with Crippen LogP contribution in [0.25, 0.3) is 0 Å². The van der Waals surface area contributed by atoms with Crippen molar-refractivity contribution in [3.63, 3.8) is 0 Å². The number of aliphatic hydroxyl groups is 1. The normalized spacial score (nSPS) is 13.7. The molecule has 0 aliphatic rings. The van der Waals surface area contributed by atoms with E-state index in [-0.39, 0.29) is 11.5 Å². The van der Waals surface area contributed by atoms with Crippen molar-refractivity contribution in [1.82, 2.24) is 0 Å². The van der Waals surface area contributed by atoms with Crippen molar-refractivity contribution in [3.8, 4) is 11.5 Å². The Bertz CT molecular complexity index is 992. The first-order chi connectivity index (χ1) is 13.9. The molecule has 2 aromatic rings. The lowest BCUT2D eigenvalue weighted by Crippen LogP contribution is -2.32. The molecule has 0 aromatic heterocycles. The van der Waals surface area contributed by atoms with Gasteiger partial charge in [-0.3, -0.25) is 4.18 Å². The zero-order valence-electron chi connectivity index (χ0n) is 18.8. The highest BCUT2D eigenvalue weighted by Gasteiger charge is 2.27. The van der Waals surface area contributed by atoms with Crippen LogP contribution in [0, 0.1) is 27.7 Å². The molecule has 1 atom stereocenters. The average Bonchev–Trinajstić information content (AvgIpc) is 2.69. The Morgan fingerprint density at radius 3 is 1.97 bits per heavy atom. The summed E-state index contributed by atoms with van der Waals surface area (Å²) in [6.45, 7) is 9.00. The Labute approximate surface area is 179 Å². The van der Waals surface area contributed by atoms with Crippen molar-refractivity contribution in [1.29, 1.82) is 0 Å². The van der Waals surface area contributed by atoms with Gasteiger partial charge in [-0.25, -0.2) is 0 Å². The smallest absolute Gasteiger partial charge is 0.297 e. The number of methoxy groups -OCH3 is 2. The minimum absolute atomic E-state index is 0.0697. The molecule has 6 nitrogen and oxygen atoms in total. The zero-order valence-corrected chi connectivity index (χ0v) is 19.6. The lowest BCUT2D eigenvalue weighted by atomic mass is 9.91. The van der Waals surface area contributed by atoms with Crippen LogP contribution < -0.4 is 9.47 Å². The van der Waals surface area contributed by atoms with Crippen LogP contribution in [0.4, 0.5) is 0 Å². The molecule has 166 valence electrons. The van der Waals surface area contributed by atoms with Crippen molar-refractivity contribution in [2.24, 2.45) is 0 Å². The maximum absolute atomic E-state index is 12.4. The van der Waals surface area contributed by atoms with Gasteiger partial charge >= 0.3 is 0 Å². The van der Waals surface area contributed by atoms with Gasteiger partial charge in [-0.15, -0.1) is 0 Å². The molecule has 2 aromatic carbocycles. The van der Waals surface area contributed by atoms with E-state index in [9.17, 15) is 13.5 Å². The molecule has 0 saturated carbocycles.